The van der Waals surface area contributed by atoms with Crippen LogP contribution in [0, 0.1) is 0 Å². The summed E-state index contributed by atoms with van der Waals surface area (Å²) in [7, 11) is 0. The molecule has 1 aromatic carbocycles. The summed E-state index contributed by atoms with van der Waals surface area (Å²) in [6.45, 7) is 0. The fourth-order valence-electron chi connectivity index (χ4n) is 1.18. The van der Waals surface area contributed by atoms with Crippen LogP contribution in [0.25, 0.3) is 0 Å². The molecular weight excluding hydrogens is 338 g/mol. The minimum absolute atomic E-state index is 0.481. The minimum atomic E-state index is -6.08. The Morgan fingerprint density at radius 2 is 0.818 bits per heavy atom. The van der Waals surface area contributed by atoms with E-state index in [1.54, 1.807) is 0 Å². The van der Waals surface area contributed by atoms with Crippen LogP contribution < -0.4 is 10.6 Å². The van der Waals surface area contributed by atoms with Crippen LogP contribution in [0.4, 0.5) is 55.3 Å². The topological polar surface area (TPSA) is 24.1 Å². The first-order valence-electron chi connectivity index (χ1n) is 5.22. The second-order valence-corrected chi connectivity index (χ2v) is 3.94. The van der Waals surface area contributed by atoms with Gasteiger partial charge in [0.15, 0.2) is 0 Å². The molecule has 0 unspecified atom stereocenters. The van der Waals surface area contributed by atoms with E-state index in [1.807, 2.05) is 0 Å². The van der Waals surface area contributed by atoms with Gasteiger partial charge in [0.2, 0.25) is 0 Å². The largest absolute Gasteiger partial charge is 0.475 e. The number of hydrogen-bond acceptors (Lipinski definition) is 2. The van der Waals surface area contributed by atoms with Crippen LogP contribution in [0.15, 0.2) is 24.3 Å². The Morgan fingerprint density at radius 1 is 0.545 bits per heavy atom. The van der Waals surface area contributed by atoms with E-state index in [4.69, 9.17) is 0 Å². The summed E-state index contributed by atoms with van der Waals surface area (Å²) in [5.41, 5.74) is -2.57. The van der Waals surface area contributed by atoms with E-state index in [0.29, 0.717) is 22.8 Å². The average molecular weight is 344 g/mol. The third kappa shape index (κ3) is 3.85. The van der Waals surface area contributed by atoms with Crippen molar-refractivity contribution in [3.63, 3.8) is 0 Å². The van der Waals surface area contributed by atoms with Crippen LogP contribution in [0.1, 0.15) is 0 Å². The second kappa shape index (κ2) is 5.39. The maximum Gasteiger partial charge on any atom is 0.475 e. The summed E-state index contributed by atoms with van der Waals surface area (Å²) < 4.78 is 123. The van der Waals surface area contributed by atoms with Crippen molar-refractivity contribution >= 4 is 11.4 Å². The normalized spacial score (nSPS) is 13.9. The molecule has 1 aromatic rings. The minimum Gasteiger partial charge on any atom is -0.317 e. The van der Waals surface area contributed by atoms with E-state index >= 15 is 0 Å². The third-order valence-electron chi connectivity index (χ3n) is 2.22. The SMILES string of the molecule is FC(F)(F)C(F)(F)Nc1ccccc1NC(F)(F)C(F)(F)F. The maximum atomic E-state index is 12.8. The standard InChI is InChI=1S/C10H6F10N2/c11-7(12,13)9(17,18)21-5-3-1-2-4-6(5)22-10(19,20)8(14,15)16/h1-4,21-22H. The zero-order chi connectivity index (χ0) is 17.4. The highest BCUT2D eigenvalue weighted by molar-refractivity contribution is 5.69. The Labute approximate surface area is 116 Å². The molecule has 0 aliphatic carbocycles. The van der Waals surface area contributed by atoms with Crippen LogP contribution in [-0.2, 0) is 0 Å². The van der Waals surface area contributed by atoms with E-state index in [1.165, 1.54) is 0 Å². The molecule has 12 heteroatoms. The molecule has 2 nitrogen and oxygen atoms in total. The monoisotopic (exact) mass is 344 g/mol. The Balaban J connectivity index is 3.12. The molecule has 0 bridgehead atoms. The predicted molar refractivity (Wildman–Crippen MR) is 55.7 cm³/mol. The number of para-hydroxylation sites is 2. The molecule has 0 aliphatic rings. The molecule has 0 amide bonds. The summed E-state index contributed by atoms with van der Waals surface area (Å²) >= 11 is 0. The fraction of sp³-hybridized carbons (Fsp3) is 0.400. The first kappa shape index (κ1) is 18.2. The molecule has 0 radical (unpaired) electrons. The average Bonchev–Trinajstić information content (AvgIpc) is 2.28. The second-order valence-electron chi connectivity index (χ2n) is 3.94. The lowest BCUT2D eigenvalue weighted by Gasteiger charge is -2.26. The number of halogens is 10. The van der Waals surface area contributed by atoms with Gasteiger partial charge in [0, 0.05) is 0 Å². The molecule has 1 rings (SSSR count). The van der Waals surface area contributed by atoms with Crippen molar-refractivity contribution in [1.29, 1.82) is 0 Å². The van der Waals surface area contributed by atoms with Crippen molar-refractivity contribution in [2.24, 2.45) is 0 Å². The molecule has 126 valence electrons. The van der Waals surface area contributed by atoms with E-state index in [0.717, 1.165) is 12.1 Å². The van der Waals surface area contributed by atoms with Gasteiger partial charge in [-0.15, -0.1) is 0 Å². The highest BCUT2D eigenvalue weighted by Gasteiger charge is 2.60. The number of nitrogens with one attached hydrogen (secondary N) is 2. The maximum absolute atomic E-state index is 12.8. The molecule has 0 saturated heterocycles. The lowest BCUT2D eigenvalue weighted by molar-refractivity contribution is -0.269. The van der Waals surface area contributed by atoms with Gasteiger partial charge in [-0.1, -0.05) is 12.1 Å². The Hall–Kier alpha value is -1.88. The van der Waals surface area contributed by atoms with Crippen molar-refractivity contribution in [2.45, 2.75) is 24.4 Å². The van der Waals surface area contributed by atoms with Gasteiger partial charge in [-0.3, -0.25) is 0 Å². The molecule has 0 aliphatic heterocycles. The molecule has 2 N–H and O–H groups in total. The molecular formula is C10H6F10N2. The molecule has 0 spiro atoms. The number of anilines is 2. The van der Waals surface area contributed by atoms with E-state index < -0.39 is 35.8 Å². The van der Waals surface area contributed by atoms with Crippen LogP contribution in [0.5, 0.6) is 0 Å². The van der Waals surface area contributed by atoms with Gasteiger partial charge >= 0.3 is 24.4 Å². The molecule has 0 atom stereocenters. The number of rotatable bonds is 4. The number of benzene rings is 1. The van der Waals surface area contributed by atoms with Gasteiger partial charge in [0.1, 0.15) is 0 Å². The zero-order valence-corrected chi connectivity index (χ0v) is 10.1. The lowest BCUT2D eigenvalue weighted by atomic mass is 10.2. The van der Waals surface area contributed by atoms with E-state index in [-0.39, 0.29) is 0 Å². The first-order chi connectivity index (χ1) is 9.67. The quantitative estimate of drug-likeness (QED) is 0.604. The molecule has 0 heterocycles. The van der Waals surface area contributed by atoms with Gasteiger partial charge in [0.25, 0.3) is 0 Å². The predicted octanol–water partition coefficient (Wildman–Crippen LogP) is 4.82. The molecule has 0 aromatic heterocycles. The van der Waals surface area contributed by atoms with Gasteiger partial charge in [-0.25, -0.2) is 0 Å². The molecule has 22 heavy (non-hydrogen) atoms. The molecule has 0 fully saturated rings. The van der Waals surface area contributed by atoms with E-state index in [9.17, 15) is 43.9 Å². The van der Waals surface area contributed by atoms with Crippen LogP contribution in [0.2, 0.25) is 0 Å². The Morgan fingerprint density at radius 3 is 1.05 bits per heavy atom. The number of hydrogen-bond donors (Lipinski definition) is 2. The van der Waals surface area contributed by atoms with E-state index in [2.05, 4.69) is 0 Å². The summed E-state index contributed by atoms with van der Waals surface area (Å²) in [5.74, 6) is 0. The zero-order valence-electron chi connectivity index (χ0n) is 10.1. The van der Waals surface area contributed by atoms with Crippen molar-refractivity contribution in [1.82, 2.24) is 0 Å². The van der Waals surface area contributed by atoms with Gasteiger partial charge in [-0.05, 0) is 12.1 Å². The van der Waals surface area contributed by atoms with Crippen LogP contribution in [0.3, 0.4) is 0 Å². The molecule has 0 saturated carbocycles. The first-order valence-corrected chi connectivity index (χ1v) is 5.22. The van der Waals surface area contributed by atoms with Crippen molar-refractivity contribution in [2.75, 3.05) is 10.6 Å². The highest BCUT2D eigenvalue weighted by Crippen LogP contribution is 2.41. The van der Waals surface area contributed by atoms with Crippen molar-refractivity contribution < 1.29 is 43.9 Å². The Bertz CT molecular complexity index is 472. The van der Waals surface area contributed by atoms with Gasteiger partial charge in [0.05, 0.1) is 11.4 Å². The number of alkyl halides is 10. The van der Waals surface area contributed by atoms with Gasteiger partial charge < -0.3 is 10.6 Å². The van der Waals surface area contributed by atoms with Crippen LogP contribution in [-0.4, -0.2) is 24.4 Å². The summed E-state index contributed by atoms with van der Waals surface area (Å²) in [5, 5.41) is 1.16. The highest BCUT2D eigenvalue weighted by atomic mass is 19.4. The summed E-state index contributed by atoms with van der Waals surface area (Å²) in [4.78, 5) is 0. The van der Waals surface area contributed by atoms with Crippen LogP contribution >= 0.6 is 0 Å². The van der Waals surface area contributed by atoms with Crippen molar-refractivity contribution in [3.05, 3.63) is 24.3 Å². The fourth-order valence-corrected chi connectivity index (χ4v) is 1.18. The summed E-state index contributed by atoms with van der Waals surface area (Å²) in [6.07, 6.45) is -12.2. The van der Waals surface area contributed by atoms with Crippen molar-refractivity contribution in [3.8, 4) is 0 Å². The third-order valence-corrected chi connectivity index (χ3v) is 2.22. The summed E-state index contributed by atoms with van der Waals surface area (Å²) in [6, 6.07) is -8.36. The smallest absolute Gasteiger partial charge is 0.317 e. The van der Waals surface area contributed by atoms with Gasteiger partial charge in [-0.2, -0.15) is 43.9 Å². The lowest BCUT2D eigenvalue weighted by Crippen LogP contribution is -2.45. The Kier molecular flexibility index (Phi) is 4.45.